The highest BCUT2D eigenvalue weighted by molar-refractivity contribution is 5.91. The second-order valence-corrected chi connectivity index (χ2v) is 6.31. The lowest BCUT2D eigenvalue weighted by molar-refractivity contribution is -0.274. The van der Waals surface area contributed by atoms with Crippen molar-refractivity contribution in [1.82, 2.24) is 15.1 Å². The summed E-state index contributed by atoms with van der Waals surface area (Å²) in [6.45, 7) is 2.14. The maximum absolute atomic E-state index is 12.6. The Kier molecular flexibility index (Phi) is 6.30. The van der Waals surface area contributed by atoms with E-state index in [0.717, 1.165) is 0 Å². The number of nitrogens with zero attached hydrogens (tertiary/aromatic N) is 3. The Balaban J connectivity index is 1.56. The van der Waals surface area contributed by atoms with Crippen molar-refractivity contribution < 1.29 is 27.1 Å². The van der Waals surface area contributed by atoms with Crippen LogP contribution in [0.25, 0.3) is 0 Å². The normalized spacial score (nSPS) is 15.4. The topological polar surface area (TPSA) is 70.3 Å². The minimum absolute atomic E-state index is 0.116. The molecular weight excluding hydrogens is 389 g/mol. The van der Waals surface area contributed by atoms with Crippen LogP contribution in [0.2, 0.25) is 0 Å². The molecule has 0 spiro atoms. The maximum atomic E-state index is 12.6. The number of aliphatic imine (C=N–C) groups is 1. The zero-order chi connectivity index (χ0) is 20.9. The number of ether oxygens (including phenoxy) is 1. The standard InChI is InChI=1S/C19H21F3N4O3/c1-23-18(24-13-14-5-2-3-6-15(14)29-19(20,21)22)26-10-8-25(9-11-26)17(27)16-7-4-12-28-16/h2-7,12H,8-11,13H2,1H3,(H,23,24). The van der Waals surface area contributed by atoms with E-state index in [0.29, 0.717) is 43.5 Å². The summed E-state index contributed by atoms with van der Waals surface area (Å²) in [5, 5.41) is 3.06. The molecule has 1 amide bonds. The van der Waals surface area contributed by atoms with Crippen molar-refractivity contribution in [2.75, 3.05) is 33.2 Å². The first-order valence-corrected chi connectivity index (χ1v) is 8.99. The van der Waals surface area contributed by atoms with Gasteiger partial charge in [0, 0.05) is 45.3 Å². The number of furan rings is 1. The van der Waals surface area contributed by atoms with Crippen LogP contribution in [0.5, 0.6) is 5.75 Å². The summed E-state index contributed by atoms with van der Waals surface area (Å²) in [5.41, 5.74) is 0.359. The summed E-state index contributed by atoms with van der Waals surface area (Å²) in [5.74, 6) is 0.409. The second kappa shape index (κ2) is 8.89. The van der Waals surface area contributed by atoms with Crippen molar-refractivity contribution in [2.45, 2.75) is 12.9 Å². The molecule has 1 saturated heterocycles. The molecule has 0 aliphatic carbocycles. The van der Waals surface area contributed by atoms with Gasteiger partial charge >= 0.3 is 6.36 Å². The van der Waals surface area contributed by atoms with E-state index in [1.54, 1.807) is 36.2 Å². The number of halogens is 3. The first kappa shape index (κ1) is 20.6. The predicted octanol–water partition coefficient (Wildman–Crippen LogP) is 2.71. The molecule has 0 saturated carbocycles. The minimum atomic E-state index is -4.76. The molecule has 0 bridgehead atoms. The van der Waals surface area contributed by atoms with E-state index in [-0.39, 0.29) is 18.2 Å². The van der Waals surface area contributed by atoms with E-state index >= 15 is 0 Å². The SMILES string of the molecule is CN=C(NCc1ccccc1OC(F)(F)F)N1CCN(C(=O)c2ccco2)CC1. The number of carbonyl (C=O) groups excluding carboxylic acids is 1. The molecule has 1 aliphatic rings. The lowest BCUT2D eigenvalue weighted by atomic mass is 10.2. The van der Waals surface area contributed by atoms with Crippen LogP contribution in [0, 0.1) is 0 Å². The quantitative estimate of drug-likeness (QED) is 0.620. The fourth-order valence-corrected chi connectivity index (χ4v) is 3.06. The van der Waals surface area contributed by atoms with Crippen molar-refractivity contribution in [1.29, 1.82) is 0 Å². The molecule has 29 heavy (non-hydrogen) atoms. The Labute approximate surface area is 165 Å². The molecule has 0 radical (unpaired) electrons. The Bertz CT molecular complexity index is 845. The number of guanidine groups is 1. The number of alkyl halides is 3. The Morgan fingerprint density at radius 2 is 1.83 bits per heavy atom. The monoisotopic (exact) mass is 410 g/mol. The van der Waals surface area contributed by atoms with Gasteiger partial charge in [-0.1, -0.05) is 18.2 Å². The highest BCUT2D eigenvalue weighted by Crippen LogP contribution is 2.26. The molecule has 0 atom stereocenters. The van der Waals surface area contributed by atoms with Crippen LogP contribution in [0.1, 0.15) is 16.1 Å². The smallest absolute Gasteiger partial charge is 0.459 e. The Morgan fingerprint density at radius 1 is 1.14 bits per heavy atom. The van der Waals surface area contributed by atoms with Crippen molar-refractivity contribution in [2.24, 2.45) is 4.99 Å². The molecule has 1 aromatic heterocycles. The van der Waals surface area contributed by atoms with Gasteiger partial charge in [-0.25, -0.2) is 0 Å². The molecule has 7 nitrogen and oxygen atoms in total. The van der Waals surface area contributed by atoms with Gasteiger partial charge in [0.05, 0.1) is 6.26 Å². The average molecular weight is 410 g/mol. The number of para-hydroxylation sites is 1. The molecule has 10 heteroatoms. The molecule has 1 aliphatic heterocycles. The van der Waals surface area contributed by atoms with Gasteiger partial charge in [0.25, 0.3) is 5.91 Å². The van der Waals surface area contributed by atoms with E-state index in [1.165, 1.54) is 18.4 Å². The number of amides is 1. The summed E-state index contributed by atoms with van der Waals surface area (Å²) in [6.07, 6.45) is -3.30. The van der Waals surface area contributed by atoms with Gasteiger partial charge < -0.3 is 24.3 Å². The van der Waals surface area contributed by atoms with E-state index in [4.69, 9.17) is 4.42 Å². The summed E-state index contributed by atoms with van der Waals surface area (Å²) in [4.78, 5) is 20.2. The fourth-order valence-electron chi connectivity index (χ4n) is 3.06. The summed E-state index contributed by atoms with van der Waals surface area (Å²) >= 11 is 0. The number of benzene rings is 1. The first-order chi connectivity index (χ1) is 13.9. The van der Waals surface area contributed by atoms with E-state index in [9.17, 15) is 18.0 Å². The number of rotatable bonds is 4. The number of carbonyl (C=O) groups is 1. The number of nitrogens with one attached hydrogen (secondary N) is 1. The third kappa shape index (κ3) is 5.43. The molecule has 2 heterocycles. The Morgan fingerprint density at radius 3 is 2.45 bits per heavy atom. The third-order valence-electron chi connectivity index (χ3n) is 4.45. The van der Waals surface area contributed by atoms with Crippen LogP contribution >= 0.6 is 0 Å². The van der Waals surface area contributed by atoms with Gasteiger partial charge in [-0.3, -0.25) is 9.79 Å². The maximum Gasteiger partial charge on any atom is 0.573 e. The van der Waals surface area contributed by atoms with Crippen molar-refractivity contribution in [3.8, 4) is 5.75 Å². The minimum Gasteiger partial charge on any atom is -0.459 e. The Hall–Kier alpha value is -3.17. The fraction of sp³-hybridized carbons (Fsp3) is 0.368. The van der Waals surface area contributed by atoms with E-state index in [2.05, 4.69) is 15.0 Å². The van der Waals surface area contributed by atoms with Gasteiger partial charge in [-0.2, -0.15) is 0 Å². The summed E-state index contributed by atoms with van der Waals surface area (Å²) in [6, 6.07) is 9.23. The van der Waals surface area contributed by atoms with Crippen molar-refractivity contribution in [3.63, 3.8) is 0 Å². The zero-order valence-electron chi connectivity index (χ0n) is 15.8. The second-order valence-electron chi connectivity index (χ2n) is 6.31. The molecule has 1 aromatic carbocycles. The van der Waals surface area contributed by atoms with Gasteiger partial charge in [-0.05, 0) is 18.2 Å². The van der Waals surface area contributed by atoms with Crippen LogP contribution in [-0.4, -0.2) is 61.3 Å². The highest BCUT2D eigenvalue weighted by Gasteiger charge is 2.32. The van der Waals surface area contributed by atoms with Gasteiger partial charge in [0.1, 0.15) is 5.75 Å². The van der Waals surface area contributed by atoms with Gasteiger partial charge in [0.2, 0.25) is 0 Å². The van der Waals surface area contributed by atoms with Crippen LogP contribution in [0.15, 0.2) is 52.1 Å². The third-order valence-corrected chi connectivity index (χ3v) is 4.45. The average Bonchev–Trinajstić information content (AvgIpc) is 3.23. The predicted molar refractivity (Wildman–Crippen MR) is 99.5 cm³/mol. The molecule has 2 aromatic rings. The zero-order valence-corrected chi connectivity index (χ0v) is 15.8. The molecule has 1 fully saturated rings. The number of piperazine rings is 1. The van der Waals surface area contributed by atoms with Crippen molar-refractivity contribution >= 4 is 11.9 Å². The summed E-state index contributed by atoms with van der Waals surface area (Å²) in [7, 11) is 1.60. The highest BCUT2D eigenvalue weighted by atomic mass is 19.4. The lowest BCUT2D eigenvalue weighted by Crippen LogP contribution is -2.53. The van der Waals surface area contributed by atoms with Crippen LogP contribution in [-0.2, 0) is 6.54 Å². The van der Waals surface area contributed by atoms with E-state index < -0.39 is 6.36 Å². The molecule has 156 valence electrons. The van der Waals surface area contributed by atoms with Crippen LogP contribution < -0.4 is 10.1 Å². The first-order valence-electron chi connectivity index (χ1n) is 8.99. The number of hydrogen-bond donors (Lipinski definition) is 1. The van der Waals surface area contributed by atoms with Crippen molar-refractivity contribution in [3.05, 3.63) is 54.0 Å². The van der Waals surface area contributed by atoms with Gasteiger partial charge in [0.15, 0.2) is 11.7 Å². The molecule has 1 N–H and O–H groups in total. The molecule has 0 unspecified atom stereocenters. The molecule has 3 rings (SSSR count). The molecular formula is C19H21F3N4O3. The number of hydrogen-bond acceptors (Lipinski definition) is 4. The van der Waals surface area contributed by atoms with Gasteiger partial charge in [-0.15, -0.1) is 13.2 Å². The summed E-state index contributed by atoms with van der Waals surface area (Å²) < 4.78 is 46.9. The van der Waals surface area contributed by atoms with Crippen LogP contribution in [0.4, 0.5) is 13.2 Å². The lowest BCUT2D eigenvalue weighted by Gasteiger charge is -2.36. The van der Waals surface area contributed by atoms with Crippen LogP contribution in [0.3, 0.4) is 0 Å². The van der Waals surface area contributed by atoms with E-state index in [1.807, 2.05) is 4.90 Å². The largest absolute Gasteiger partial charge is 0.573 e.